The van der Waals surface area contributed by atoms with Gasteiger partial charge in [-0.25, -0.2) is 0 Å². The third kappa shape index (κ3) is 2.20. The van der Waals surface area contributed by atoms with Crippen molar-refractivity contribution in [2.75, 3.05) is 13.1 Å². The van der Waals surface area contributed by atoms with Crippen molar-refractivity contribution in [3.63, 3.8) is 0 Å². The number of hydrogen-bond acceptors (Lipinski definition) is 2. The Bertz CT molecular complexity index is 369. The van der Waals surface area contributed by atoms with Crippen molar-refractivity contribution >= 4 is 18.0 Å². The SMILES string of the molecule is O=[C]N1CCC(O)(c2ccc(Cl)cc2)CC1. The number of amides is 1. The van der Waals surface area contributed by atoms with Gasteiger partial charge in [0, 0.05) is 18.1 Å². The van der Waals surface area contributed by atoms with Crippen molar-refractivity contribution in [3.05, 3.63) is 34.9 Å². The Balaban J connectivity index is 2.14. The van der Waals surface area contributed by atoms with Gasteiger partial charge < -0.3 is 10.0 Å². The minimum Gasteiger partial charge on any atom is -0.385 e. The number of halogens is 1. The van der Waals surface area contributed by atoms with Gasteiger partial charge in [-0.15, -0.1) is 0 Å². The van der Waals surface area contributed by atoms with E-state index in [9.17, 15) is 9.90 Å². The molecule has 1 aliphatic heterocycles. The standard InChI is InChI=1S/C12H13ClNO2/c13-11-3-1-10(2-4-11)12(16)5-7-14(9-15)8-6-12/h1-4,16H,5-8H2. The Morgan fingerprint density at radius 1 is 1.25 bits per heavy atom. The highest BCUT2D eigenvalue weighted by molar-refractivity contribution is 6.30. The average Bonchev–Trinajstić information content (AvgIpc) is 2.31. The molecular weight excluding hydrogens is 226 g/mol. The van der Waals surface area contributed by atoms with Gasteiger partial charge in [0.2, 0.25) is 0 Å². The van der Waals surface area contributed by atoms with Crippen molar-refractivity contribution < 1.29 is 9.90 Å². The first-order valence-corrected chi connectivity index (χ1v) is 5.63. The second-order valence-corrected chi connectivity index (χ2v) is 4.55. The summed E-state index contributed by atoms with van der Waals surface area (Å²) in [4.78, 5) is 12.0. The van der Waals surface area contributed by atoms with Gasteiger partial charge >= 0.3 is 6.41 Å². The molecule has 0 spiro atoms. The summed E-state index contributed by atoms with van der Waals surface area (Å²) in [6, 6.07) is 7.21. The smallest absolute Gasteiger partial charge is 0.312 e. The van der Waals surface area contributed by atoms with E-state index >= 15 is 0 Å². The molecule has 1 aromatic rings. The second-order valence-electron chi connectivity index (χ2n) is 4.12. The molecule has 0 saturated carbocycles. The van der Waals surface area contributed by atoms with Crippen molar-refractivity contribution in [3.8, 4) is 0 Å². The van der Waals surface area contributed by atoms with Crippen LogP contribution in [-0.2, 0) is 10.4 Å². The maximum Gasteiger partial charge on any atom is 0.312 e. The van der Waals surface area contributed by atoms with Crippen LogP contribution in [0.25, 0.3) is 0 Å². The number of aliphatic hydroxyl groups is 1. The summed E-state index contributed by atoms with van der Waals surface area (Å²) in [5.74, 6) is 0. The Hall–Kier alpha value is -1.06. The van der Waals surface area contributed by atoms with Crippen LogP contribution in [0.5, 0.6) is 0 Å². The molecule has 0 atom stereocenters. The van der Waals surface area contributed by atoms with Crippen LogP contribution in [0.1, 0.15) is 18.4 Å². The monoisotopic (exact) mass is 238 g/mol. The Morgan fingerprint density at radius 3 is 2.31 bits per heavy atom. The van der Waals surface area contributed by atoms with Crippen molar-refractivity contribution in [1.82, 2.24) is 4.90 Å². The van der Waals surface area contributed by atoms with Crippen molar-refractivity contribution in [2.24, 2.45) is 0 Å². The van der Waals surface area contributed by atoms with Gasteiger partial charge in [-0.05, 0) is 30.5 Å². The van der Waals surface area contributed by atoms with E-state index in [-0.39, 0.29) is 0 Å². The molecule has 3 nitrogen and oxygen atoms in total. The summed E-state index contributed by atoms with van der Waals surface area (Å²) in [6.45, 7) is 1.09. The number of benzene rings is 1. The quantitative estimate of drug-likeness (QED) is 0.852. The first kappa shape index (κ1) is 11.4. The number of rotatable bonds is 2. The fraction of sp³-hybridized carbons (Fsp3) is 0.417. The molecule has 1 aromatic carbocycles. The first-order chi connectivity index (χ1) is 7.64. The molecule has 16 heavy (non-hydrogen) atoms. The number of likely N-dealkylation sites (tertiary alicyclic amines) is 1. The van der Waals surface area contributed by atoms with Crippen LogP contribution in [0.3, 0.4) is 0 Å². The zero-order valence-electron chi connectivity index (χ0n) is 8.82. The Kier molecular flexibility index (Phi) is 3.17. The molecule has 0 aliphatic carbocycles. The summed E-state index contributed by atoms with van der Waals surface area (Å²) < 4.78 is 0. The average molecular weight is 239 g/mol. The molecule has 1 saturated heterocycles. The van der Waals surface area contributed by atoms with E-state index in [1.165, 1.54) is 0 Å². The molecule has 2 rings (SSSR count). The lowest BCUT2D eigenvalue weighted by atomic mass is 9.85. The molecule has 1 amide bonds. The minimum absolute atomic E-state index is 0.544. The lowest BCUT2D eigenvalue weighted by molar-refractivity contribution is -0.0124. The molecule has 1 aliphatic rings. The van der Waals surface area contributed by atoms with E-state index in [2.05, 4.69) is 0 Å². The molecule has 0 aromatic heterocycles. The van der Waals surface area contributed by atoms with Gasteiger partial charge in [0.1, 0.15) is 0 Å². The van der Waals surface area contributed by atoms with Gasteiger partial charge in [0.25, 0.3) is 0 Å². The van der Waals surface area contributed by atoms with Crippen LogP contribution < -0.4 is 0 Å². The first-order valence-electron chi connectivity index (χ1n) is 5.25. The maximum atomic E-state index is 10.5. The molecule has 1 radical (unpaired) electrons. The van der Waals surface area contributed by atoms with E-state index < -0.39 is 5.60 Å². The number of piperidine rings is 1. The fourth-order valence-corrected chi connectivity index (χ4v) is 2.14. The molecular formula is C12H13ClNO2. The number of carbonyl (C=O) groups excluding carboxylic acids is 1. The topological polar surface area (TPSA) is 40.5 Å². The highest BCUT2D eigenvalue weighted by Crippen LogP contribution is 2.32. The van der Waals surface area contributed by atoms with Crippen LogP contribution in [0.15, 0.2) is 24.3 Å². The van der Waals surface area contributed by atoms with E-state index in [1.807, 2.05) is 18.5 Å². The number of nitrogens with zero attached hydrogens (tertiary/aromatic N) is 1. The zero-order chi connectivity index (χ0) is 11.6. The molecule has 1 fully saturated rings. The molecule has 1 N–H and O–H groups in total. The van der Waals surface area contributed by atoms with Crippen molar-refractivity contribution in [2.45, 2.75) is 18.4 Å². The summed E-state index contributed by atoms with van der Waals surface area (Å²) in [7, 11) is 0. The van der Waals surface area contributed by atoms with Gasteiger partial charge in [-0.2, -0.15) is 0 Å². The minimum atomic E-state index is -0.835. The molecule has 0 bridgehead atoms. The van der Waals surface area contributed by atoms with Crippen LogP contribution in [0.2, 0.25) is 5.02 Å². The fourth-order valence-electron chi connectivity index (χ4n) is 2.02. The van der Waals surface area contributed by atoms with Gasteiger partial charge in [0.05, 0.1) is 5.60 Å². The van der Waals surface area contributed by atoms with Crippen LogP contribution >= 0.6 is 11.6 Å². The maximum absolute atomic E-state index is 10.5. The summed E-state index contributed by atoms with van der Waals surface area (Å²) in [5.41, 5.74) is 0.0280. The van der Waals surface area contributed by atoms with E-state index in [1.54, 1.807) is 17.0 Å². The predicted molar refractivity (Wildman–Crippen MR) is 61.8 cm³/mol. The van der Waals surface area contributed by atoms with Crippen LogP contribution in [0.4, 0.5) is 0 Å². The summed E-state index contributed by atoms with van der Waals surface area (Å²) in [6.07, 6.45) is 2.94. The molecule has 0 unspecified atom stereocenters. The molecule has 1 heterocycles. The van der Waals surface area contributed by atoms with E-state index in [0.29, 0.717) is 31.0 Å². The summed E-state index contributed by atoms with van der Waals surface area (Å²) >= 11 is 5.80. The van der Waals surface area contributed by atoms with Crippen LogP contribution in [0, 0.1) is 0 Å². The van der Waals surface area contributed by atoms with E-state index in [0.717, 1.165) is 5.56 Å². The normalized spacial score (nSPS) is 19.5. The Labute approximate surface area is 99.6 Å². The summed E-state index contributed by atoms with van der Waals surface area (Å²) in [5, 5.41) is 11.1. The predicted octanol–water partition coefficient (Wildman–Crippen LogP) is 1.69. The molecule has 4 heteroatoms. The zero-order valence-corrected chi connectivity index (χ0v) is 9.57. The molecule has 85 valence electrons. The lowest BCUT2D eigenvalue weighted by Crippen LogP contribution is -2.41. The highest BCUT2D eigenvalue weighted by Gasteiger charge is 2.33. The third-order valence-corrected chi connectivity index (χ3v) is 3.35. The van der Waals surface area contributed by atoms with Crippen LogP contribution in [-0.4, -0.2) is 29.5 Å². The van der Waals surface area contributed by atoms with Crippen molar-refractivity contribution in [1.29, 1.82) is 0 Å². The van der Waals surface area contributed by atoms with E-state index in [4.69, 9.17) is 11.6 Å². The largest absolute Gasteiger partial charge is 0.385 e. The Morgan fingerprint density at radius 2 is 1.81 bits per heavy atom. The van der Waals surface area contributed by atoms with Gasteiger partial charge in [-0.3, -0.25) is 4.79 Å². The highest BCUT2D eigenvalue weighted by atomic mass is 35.5. The lowest BCUT2D eigenvalue weighted by Gasteiger charge is -2.36. The number of hydrogen-bond donors (Lipinski definition) is 1. The third-order valence-electron chi connectivity index (χ3n) is 3.10. The second kappa shape index (κ2) is 4.44. The van der Waals surface area contributed by atoms with Gasteiger partial charge in [-0.1, -0.05) is 23.7 Å². The van der Waals surface area contributed by atoms with Gasteiger partial charge in [0.15, 0.2) is 0 Å².